The Morgan fingerprint density at radius 1 is 1.47 bits per heavy atom. The molecule has 2 aromatic rings. The highest BCUT2D eigenvalue weighted by molar-refractivity contribution is 6.32. The van der Waals surface area contributed by atoms with E-state index in [1.165, 1.54) is 0 Å². The molecule has 1 heterocycles. The predicted molar refractivity (Wildman–Crippen MR) is 64.7 cm³/mol. The van der Waals surface area contributed by atoms with Crippen molar-refractivity contribution in [1.29, 1.82) is 0 Å². The van der Waals surface area contributed by atoms with E-state index < -0.39 is 5.97 Å². The number of rotatable bonds is 3. The van der Waals surface area contributed by atoms with Crippen molar-refractivity contribution in [2.75, 3.05) is 0 Å². The quantitative estimate of drug-likeness (QED) is 0.910. The number of carboxylic acids is 1. The first kappa shape index (κ1) is 11.7. The number of nitrogens with zero attached hydrogens (tertiary/aromatic N) is 2. The van der Waals surface area contributed by atoms with Gasteiger partial charge in [0.15, 0.2) is 0 Å². The minimum Gasteiger partial charge on any atom is -0.481 e. The van der Waals surface area contributed by atoms with Crippen LogP contribution in [0.4, 0.5) is 0 Å². The van der Waals surface area contributed by atoms with Crippen LogP contribution in [-0.2, 0) is 11.2 Å². The van der Waals surface area contributed by atoms with Crippen molar-refractivity contribution in [3.63, 3.8) is 0 Å². The topological polar surface area (TPSA) is 55.1 Å². The fourth-order valence-corrected chi connectivity index (χ4v) is 1.90. The SMILES string of the molecule is Cc1ncn(-c2ccccc2Cl)c1CC(=O)O. The third-order valence-corrected chi connectivity index (χ3v) is 2.83. The van der Waals surface area contributed by atoms with Gasteiger partial charge in [-0.25, -0.2) is 4.98 Å². The number of imidazole rings is 1. The van der Waals surface area contributed by atoms with E-state index in [4.69, 9.17) is 16.7 Å². The maximum atomic E-state index is 10.8. The van der Waals surface area contributed by atoms with Crippen molar-refractivity contribution in [3.8, 4) is 5.69 Å². The molecule has 0 radical (unpaired) electrons. The molecule has 0 unspecified atom stereocenters. The van der Waals surface area contributed by atoms with Crippen molar-refractivity contribution >= 4 is 17.6 Å². The first-order valence-electron chi connectivity index (χ1n) is 5.09. The smallest absolute Gasteiger partial charge is 0.309 e. The molecule has 0 atom stereocenters. The highest BCUT2D eigenvalue weighted by Crippen LogP contribution is 2.22. The van der Waals surface area contributed by atoms with Crippen molar-refractivity contribution in [3.05, 3.63) is 47.0 Å². The molecule has 0 aliphatic carbocycles. The van der Waals surface area contributed by atoms with Crippen molar-refractivity contribution in [2.24, 2.45) is 0 Å². The van der Waals surface area contributed by atoms with Crippen LogP contribution in [0.5, 0.6) is 0 Å². The monoisotopic (exact) mass is 250 g/mol. The molecule has 0 fully saturated rings. The minimum atomic E-state index is -0.887. The van der Waals surface area contributed by atoms with Gasteiger partial charge in [-0.05, 0) is 19.1 Å². The molecule has 0 bridgehead atoms. The van der Waals surface area contributed by atoms with Crippen LogP contribution in [0, 0.1) is 6.92 Å². The van der Waals surface area contributed by atoms with Gasteiger partial charge in [0.2, 0.25) is 0 Å². The molecule has 88 valence electrons. The van der Waals surface area contributed by atoms with Crippen LogP contribution in [0.15, 0.2) is 30.6 Å². The van der Waals surface area contributed by atoms with Gasteiger partial charge >= 0.3 is 5.97 Å². The fraction of sp³-hybridized carbons (Fsp3) is 0.167. The summed E-state index contributed by atoms with van der Waals surface area (Å²) in [5, 5.41) is 9.44. The van der Waals surface area contributed by atoms with E-state index in [0.29, 0.717) is 16.4 Å². The fourth-order valence-electron chi connectivity index (χ4n) is 1.67. The van der Waals surface area contributed by atoms with E-state index in [9.17, 15) is 4.79 Å². The second kappa shape index (κ2) is 4.59. The van der Waals surface area contributed by atoms with E-state index in [1.807, 2.05) is 18.2 Å². The zero-order chi connectivity index (χ0) is 12.4. The Morgan fingerprint density at radius 2 is 2.18 bits per heavy atom. The summed E-state index contributed by atoms with van der Waals surface area (Å²) < 4.78 is 1.71. The van der Waals surface area contributed by atoms with Gasteiger partial charge < -0.3 is 9.67 Å². The Balaban J connectivity index is 2.53. The molecule has 0 aliphatic rings. The summed E-state index contributed by atoms with van der Waals surface area (Å²) in [5.74, 6) is -0.887. The molecule has 1 aromatic heterocycles. The molecule has 1 aromatic carbocycles. The number of hydrogen-bond donors (Lipinski definition) is 1. The van der Waals surface area contributed by atoms with E-state index in [1.54, 1.807) is 23.9 Å². The number of halogens is 1. The summed E-state index contributed by atoms with van der Waals surface area (Å²) in [7, 11) is 0. The van der Waals surface area contributed by atoms with E-state index in [0.717, 1.165) is 5.69 Å². The molecule has 0 saturated heterocycles. The minimum absolute atomic E-state index is 0.0724. The Kier molecular flexibility index (Phi) is 3.15. The summed E-state index contributed by atoms with van der Waals surface area (Å²) in [6.07, 6.45) is 1.52. The van der Waals surface area contributed by atoms with Gasteiger partial charge in [-0.3, -0.25) is 4.79 Å². The zero-order valence-corrected chi connectivity index (χ0v) is 9.98. The van der Waals surface area contributed by atoms with Crippen LogP contribution < -0.4 is 0 Å². The number of carboxylic acid groups (broad SMARTS) is 1. The standard InChI is InChI=1S/C12H11ClN2O2/c1-8-11(6-12(16)17)15(7-14-8)10-5-3-2-4-9(10)13/h2-5,7H,6H2,1H3,(H,16,17). The van der Waals surface area contributed by atoms with Crippen LogP contribution in [0.1, 0.15) is 11.4 Å². The second-order valence-electron chi connectivity index (χ2n) is 3.67. The third kappa shape index (κ3) is 2.31. The molecular weight excluding hydrogens is 240 g/mol. The van der Waals surface area contributed by atoms with Crippen molar-refractivity contribution < 1.29 is 9.90 Å². The molecule has 0 aliphatic heterocycles. The van der Waals surface area contributed by atoms with Gasteiger partial charge in [0, 0.05) is 0 Å². The molecule has 5 heteroatoms. The maximum absolute atomic E-state index is 10.8. The summed E-state index contributed by atoms with van der Waals surface area (Å²) in [6.45, 7) is 1.78. The van der Waals surface area contributed by atoms with E-state index >= 15 is 0 Å². The van der Waals surface area contributed by atoms with Gasteiger partial charge in [-0.2, -0.15) is 0 Å². The number of para-hydroxylation sites is 1. The molecule has 4 nitrogen and oxygen atoms in total. The molecule has 17 heavy (non-hydrogen) atoms. The average Bonchev–Trinajstić information content (AvgIpc) is 2.61. The predicted octanol–water partition coefficient (Wildman–Crippen LogP) is 2.46. The highest BCUT2D eigenvalue weighted by atomic mass is 35.5. The molecular formula is C12H11ClN2O2. The lowest BCUT2D eigenvalue weighted by Crippen LogP contribution is -2.07. The number of aromatic nitrogens is 2. The molecule has 2 rings (SSSR count). The van der Waals surface area contributed by atoms with Gasteiger partial charge in [0.05, 0.1) is 34.8 Å². The number of benzene rings is 1. The Bertz CT molecular complexity index is 563. The lowest BCUT2D eigenvalue weighted by molar-refractivity contribution is -0.136. The number of hydrogen-bond acceptors (Lipinski definition) is 2. The van der Waals surface area contributed by atoms with Crippen LogP contribution in [0.25, 0.3) is 5.69 Å². The normalized spacial score (nSPS) is 10.5. The van der Waals surface area contributed by atoms with Gasteiger partial charge in [-0.15, -0.1) is 0 Å². The summed E-state index contributed by atoms with van der Waals surface area (Å²) in [6, 6.07) is 7.26. The zero-order valence-electron chi connectivity index (χ0n) is 9.22. The number of carbonyl (C=O) groups is 1. The molecule has 0 spiro atoms. The molecule has 1 N–H and O–H groups in total. The summed E-state index contributed by atoms with van der Waals surface area (Å²) in [5.41, 5.74) is 2.09. The molecule has 0 saturated carbocycles. The van der Waals surface area contributed by atoms with Crippen molar-refractivity contribution in [2.45, 2.75) is 13.3 Å². The molecule has 0 amide bonds. The van der Waals surface area contributed by atoms with Crippen molar-refractivity contribution in [1.82, 2.24) is 9.55 Å². The van der Waals surface area contributed by atoms with Crippen LogP contribution >= 0.6 is 11.6 Å². The largest absolute Gasteiger partial charge is 0.481 e. The van der Waals surface area contributed by atoms with E-state index in [-0.39, 0.29) is 6.42 Å². The first-order valence-corrected chi connectivity index (χ1v) is 5.47. The summed E-state index contributed by atoms with van der Waals surface area (Å²) in [4.78, 5) is 14.9. The van der Waals surface area contributed by atoms with Crippen LogP contribution in [0.3, 0.4) is 0 Å². The number of aliphatic carboxylic acids is 1. The highest BCUT2D eigenvalue weighted by Gasteiger charge is 2.13. The average molecular weight is 251 g/mol. The summed E-state index contributed by atoms with van der Waals surface area (Å²) >= 11 is 6.08. The number of aryl methyl sites for hydroxylation is 1. The lowest BCUT2D eigenvalue weighted by atomic mass is 10.2. The van der Waals surface area contributed by atoms with Gasteiger partial charge in [0.1, 0.15) is 0 Å². The van der Waals surface area contributed by atoms with E-state index in [2.05, 4.69) is 4.98 Å². The lowest BCUT2D eigenvalue weighted by Gasteiger charge is -2.09. The van der Waals surface area contributed by atoms with Gasteiger partial charge in [-0.1, -0.05) is 23.7 Å². The Morgan fingerprint density at radius 3 is 2.82 bits per heavy atom. The maximum Gasteiger partial charge on any atom is 0.309 e. The third-order valence-electron chi connectivity index (χ3n) is 2.51. The van der Waals surface area contributed by atoms with Gasteiger partial charge in [0.25, 0.3) is 0 Å². The Hall–Kier alpha value is -1.81. The first-order chi connectivity index (χ1) is 8.09. The Labute approximate surface area is 103 Å². The second-order valence-corrected chi connectivity index (χ2v) is 4.08. The van der Waals surface area contributed by atoms with Crippen LogP contribution in [0.2, 0.25) is 5.02 Å². The van der Waals surface area contributed by atoms with Crippen LogP contribution in [-0.4, -0.2) is 20.6 Å².